The highest BCUT2D eigenvalue weighted by Crippen LogP contribution is 2.22. The molecule has 6 heteroatoms. The predicted octanol–water partition coefficient (Wildman–Crippen LogP) is 2.39. The van der Waals surface area contributed by atoms with E-state index >= 15 is 0 Å². The zero-order valence-electron chi connectivity index (χ0n) is 11.7. The van der Waals surface area contributed by atoms with Gasteiger partial charge in [-0.3, -0.25) is 0 Å². The van der Waals surface area contributed by atoms with Gasteiger partial charge in [0, 0.05) is 5.92 Å². The lowest BCUT2D eigenvalue weighted by atomic mass is 9.98. The molecule has 1 N–H and O–H groups in total. The van der Waals surface area contributed by atoms with Crippen LogP contribution in [0.4, 0.5) is 4.39 Å². The average Bonchev–Trinajstić information content (AvgIpc) is 2.99. The summed E-state index contributed by atoms with van der Waals surface area (Å²) in [5.41, 5.74) is 0.912. The number of hydrogen-bond donors (Lipinski definition) is 1. The Labute approximate surface area is 122 Å². The highest BCUT2D eigenvalue weighted by Gasteiger charge is 2.20. The van der Waals surface area contributed by atoms with Crippen LogP contribution in [0.25, 0.3) is 0 Å². The van der Waals surface area contributed by atoms with Crippen LogP contribution in [0.3, 0.4) is 0 Å². The third-order valence-electron chi connectivity index (χ3n) is 3.60. The Morgan fingerprint density at radius 2 is 1.95 bits per heavy atom. The third-order valence-corrected chi connectivity index (χ3v) is 3.60. The summed E-state index contributed by atoms with van der Waals surface area (Å²) in [4.78, 5) is 4.39. The largest absolute Gasteiger partial charge is 0.367 e. The number of ether oxygens (including phenoxy) is 1. The van der Waals surface area contributed by atoms with E-state index in [4.69, 9.17) is 9.26 Å². The smallest absolute Gasteiger partial charge is 0.252 e. The molecule has 0 radical (unpaired) electrons. The molecule has 5 nitrogen and oxygen atoms in total. The predicted molar refractivity (Wildman–Crippen MR) is 74.0 cm³/mol. The summed E-state index contributed by atoms with van der Waals surface area (Å²) >= 11 is 0. The van der Waals surface area contributed by atoms with E-state index in [0.29, 0.717) is 18.4 Å². The van der Waals surface area contributed by atoms with Gasteiger partial charge in [0.25, 0.3) is 5.89 Å². The Morgan fingerprint density at radius 3 is 2.71 bits per heavy atom. The number of piperidine rings is 1. The van der Waals surface area contributed by atoms with Crippen LogP contribution in [0.2, 0.25) is 0 Å². The van der Waals surface area contributed by atoms with E-state index in [1.807, 2.05) is 0 Å². The van der Waals surface area contributed by atoms with Crippen molar-refractivity contribution in [3.05, 3.63) is 47.4 Å². The maximum absolute atomic E-state index is 12.8. The first-order valence-electron chi connectivity index (χ1n) is 7.16. The number of nitrogens with one attached hydrogen (secondary N) is 1. The molecule has 1 saturated heterocycles. The zero-order valence-corrected chi connectivity index (χ0v) is 11.7. The minimum absolute atomic E-state index is 0.248. The average molecular weight is 291 g/mol. The molecule has 0 atom stereocenters. The maximum Gasteiger partial charge on any atom is 0.252 e. The van der Waals surface area contributed by atoms with Crippen molar-refractivity contribution >= 4 is 0 Å². The lowest BCUT2D eigenvalue weighted by Crippen LogP contribution is -2.27. The first-order valence-corrected chi connectivity index (χ1v) is 7.16. The molecule has 1 aromatic heterocycles. The summed E-state index contributed by atoms with van der Waals surface area (Å²) in [7, 11) is 0. The van der Waals surface area contributed by atoms with Gasteiger partial charge in [0.15, 0.2) is 5.82 Å². The summed E-state index contributed by atoms with van der Waals surface area (Å²) in [6.45, 7) is 2.66. The zero-order chi connectivity index (χ0) is 14.5. The van der Waals surface area contributed by atoms with Gasteiger partial charge in [-0.2, -0.15) is 4.98 Å². The molecule has 0 aliphatic carbocycles. The molecule has 1 fully saturated rings. The molecule has 1 aromatic carbocycles. The highest BCUT2D eigenvalue weighted by molar-refractivity contribution is 5.14. The molecule has 112 valence electrons. The van der Waals surface area contributed by atoms with E-state index in [1.165, 1.54) is 12.1 Å². The van der Waals surface area contributed by atoms with Gasteiger partial charge in [-0.05, 0) is 43.6 Å². The van der Waals surface area contributed by atoms with Crippen LogP contribution in [0.1, 0.15) is 36.0 Å². The molecule has 0 spiro atoms. The second-order valence-corrected chi connectivity index (χ2v) is 5.19. The van der Waals surface area contributed by atoms with Crippen molar-refractivity contribution < 1.29 is 13.7 Å². The monoisotopic (exact) mass is 291 g/mol. The van der Waals surface area contributed by atoms with E-state index in [1.54, 1.807) is 12.1 Å². The van der Waals surface area contributed by atoms with E-state index in [0.717, 1.165) is 37.3 Å². The van der Waals surface area contributed by atoms with Crippen LogP contribution in [-0.4, -0.2) is 23.2 Å². The fourth-order valence-corrected chi connectivity index (χ4v) is 2.41. The standard InChI is InChI=1S/C15H18FN3O2/c16-13-3-1-11(2-4-13)9-20-10-14-18-15(19-21-14)12-5-7-17-8-6-12/h1-4,12,17H,5-10H2. The first kappa shape index (κ1) is 14.2. The van der Waals surface area contributed by atoms with Crippen LogP contribution >= 0.6 is 0 Å². The van der Waals surface area contributed by atoms with Crippen LogP contribution in [-0.2, 0) is 18.0 Å². The number of rotatable bonds is 5. The van der Waals surface area contributed by atoms with Gasteiger partial charge in [0.1, 0.15) is 12.4 Å². The number of halogens is 1. The molecule has 1 aliphatic rings. The van der Waals surface area contributed by atoms with Crippen molar-refractivity contribution in [1.82, 2.24) is 15.5 Å². The Kier molecular flexibility index (Phi) is 4.57. The van der Waals surface area contributed by atoms with E-state index in [9.17, 15) is 4.39 Å². The van der Waals surface area contributed by atoms with E-state index in [-0.39, 0.29) is 12.4 Å². The van der Waals surface area contributed by atoms with Crippen molar-refractivity contribution in [1.29, 1.82) is 0 Å². The van der Waals surface area contributed by atoms with E-state index < -0.39 is 0 Å². The first-order chi connectivity index (χ1) is 10.3. The van der Waals surface area contributed by atoms with E-state index in [2.05, 4.69) is 15.5 Å². The molecule has 2 heterocycles. The maximum atomic E-state index is 12.8. The summed E-state index contributed by atoms with van der Waals surface area (Å²) in [5.74, 6) is 1.39. The number of benzene rings is 1. The fraction of sp³-hybridized carbons (Fsp3) is 0.467. The second kappa shape index (κ2) is 6.78. The summed E-state index contributed by atoms with van der Waals surface area (Å²) in [6, 6.07) is 6.23. The Morgan fingerprint density at radius 1 is 1.19 bits per heavy atom. The minimum atomic E-state index is -0.248. The highest BCUT2D eigenvalue weighted by atomic mass is 19.1. The van der Waals surface area contributed by atoms with Gasteiger partial charge < -0.3 is 14.6 Å². The molecule has 0 bridgehead atoms. The molecule has 0 amide bonds. The third kappa shape index (κ3) is 3.86. The summed E-state index contributed by atoms with van der Waals surface area (Å²) in [5, 5.41) is 7.34. The molecule has 21 heavy (non-hydrogen) atoms. The van der Waals surface area contributed by atoms with Gasteiger partial charge in [0.05, 0.1) is 6.61 Å². The quantitative estimate of drug-likeness (QED) is 0.916. The number of hydrogen-bond acceptors (Lipinski definition) is 5. The fourth-order valence-electron chi connectivity index (χ4n) is 2.41. The topological polar surface area (TPSA) is 60.2 Å². The van der Waals surface area contributed by atoms with Gasteiger partial charge in [-0.15, -0.1) is 0 Å². The molecule has 3 rings (SSSR count). The molecule has 1 aliphatic heterocycles. The van der Waals surface area contributed by atoms with Crippen LogP contribution in [0.15, 0.2) is 28.8 Å². The van der Waals surface area contributed by atoms with Crippen LogP contribution in [0.5, 0.6) is 0 Å². The molecular weight excluding hydrogens is 273 g/mol. The lowest BCUT2D eigenvalue weighted by molar-refractivity contribution is 0.0850. The second-order valence-electron chi connectivity index (χ2n) is 5.19. The minimum Gasteiger partial charge on any atom is -0.367 e. The molecule has 0 saturated carbocycles. The Hall–Kier alpha value is -1.79. The Balaban J connectivity index is 1.49. The van der Waals surface area contributed by atoms with Crippen LogP contribution < -0.4 is 5.32 Å². The normalized spacial score (nSPS) is 16.2. The molecule has 2 aromatic rings. The van der Waals surface area contributed by atoms with Crippen molar-refractivity contribution in [2.45, 2.75) is 32.0 Å². The Bertz CT molecular complexity index is 565. The molecular formula is C15H18FN3O2. The SMILES string of the molecule is Fc1ccc(COCc2nc(C3CCNCC3)no2)cc1. The summed E-state index contributed by atoms with van der Waals surface area (Å²) in [6.07, 6.45) is 2.07. The van der Waals surface area contributed by atoms with Gasteiger partial charge >= 0.3 is 0 Å². The van der Waals surface area contributed by atoms with Crippen molar-refractivity contribution in [2.24, 2.45) is 0 Å². The van der Waals surface area contributed by atoms with Crippen LogP contribution in [0, 0.1) is 5.82 Å². The van der Waals surface area contributed by atoms with Gasteiger partial charge in [-0.1, -0.05) is 17.3 Å². The van der Waals surface area contributed by atoms with Gasteiger partial charge in [-0.25, -0.2) is 4.39 Å². The van der Waals surface area contributed by atoms with Gasteiger partial charge in [0.2, 0.25) is 0 Å². The van der Waals surface area contributed by atoms with Crippen molar-refractivity contribution in [2.75, 3.05) is 13.1 Å². The molecule has 0 unspecified atom stereocenters. The lowest BCUT2D eigenvalue weighted by Gasteiger charge is -2.18. The number of aromatic nitrogens is 2. The van der Waals surface area contributed by atoms with Crippen molar-refractivity contribution in [3.8, 4) is 0 Å². The number of nitrogens with zero attached hydrogens (tertiary/aromatic N) is 2. The van der Waals surface area contributed by atoms with Crippen molar-refractivity contribution in [3.63, 3.8) is 0 Å². The summed E-state index contributed by atoms with van der Waals surface area (Å²) < 4.78 is 23.5.